The van der Waals surface area contributed by atoms with Gasteiger partial charge in [-0.1, -0.05) is 166 Å². The Morgan fingerprint density at radius 3 is 1.17 bits per heavy atom. The molecule has 0 radical (unpaired) electrons. The van der Waals surface area contributed by atoms with Gasteiger partial charge in [0.25, 0.3) is 13.4 Å². The lowest BCUT2D eigenvalue weighted by Gasteiger charge is -2.44. The van der Waals surface area contributed by atoms with Crippen LogP contribution < -0.4 is 52.1 Å². The predicted molar refractivity (Wildman–Crippen MR) is 344 cm³/mol. The van der Waals surface area contributed by atoms with Crippen molar-refractivity contribution >= 4 is 124 Å². The Bertz CT molecular complexity index is 4440. The van der Waals surface area contributed by atoms with Crippen molar-refractivity contribution in [3.63, 3.8) is 0 Å². The van der Waals surface area contributed by atoms with Gasteiger partial charge in [0.2, 0.25) is 0 Å². The van der Waals surface area contributed by atoms with Crippen LogP contribution in [-0.4, -0.2) is 22.6 Å². The Balaban J connectivity index is 0.957. The Labute approximate surface area is 478 Å². The number of rotatable bonds is 12. The zero-order valence-electron chi connectivity index (χ0n) is 45.9. The fourth-order valence-electron chi connectivity index (χ4n) is 14.6. The third-order valence-corrected chi connectivity index (χ3v) is 18.1. The summed E-state index contributed by atoms with van der Waals surface area (Å²) >= 11 is 0. The van der Waals surface area contributed by atoms with Crippen molar-refractivity contribution in [2.45, 2.75) is 52.4 Å². The lowest BCUT2D eigenvalue weighted by atomic mass is 9.30. The molecule has 0 fully saturated rings. The average molecular weight is 1050 g/mol. The Morgan fingerprint density at radius 2 is 0.732 bits per heavy atom. The molecule has 82 heavy (non-hydrogen) atoms. The van der Waals surface area contributed by atoms with E-state index in [4.69, 9.17) is 9.47 Å². The summed E-state index contributed by atoms with van der Waals surface area (Å²) in [6.07, 6.45) is 6.78. The van der Waals surface area contributed by atoms with E-state index in [9.17, 15) is 0 Å². The van der Waals surface area contributed by atoms with E-state index in [1.807, 2.05) is 0 Å². The van der Waals surface area contributed by atoms with Crippen molar-refractivity contribution in [3.8, 4) is 34.4 Å². The van der Waals surface area contributed by atoms with Crippen LogP contribution in [0.15, 0.2) is 231 Å². The van der Waals surface area contributed by atoms with E-state index in [2.05, 4.69) is 263 Å². The van der Waals surface area contributed by atoms with E-state index in [1.165, 1.54) is 100 Å². The van der Waals surface area contributed by atoms with Gasteiger partial charge in [-0.2, -0.15) is 0 Å². The first kappa shape index (κ1) is 47.2. The molecule has 17 rings (SSSR count). The minimum atomic E-state index is -0.112. The summed E-state index contributed by atoms with van der Waals surface area (Å²) in [4.78, 5) is 5.05. The van der Waals surface area contributed by atoms with Crippen LogP contribution in [0.3, 0.4) is 0 Å². The van der Waals surface area contributed by atoms with Crippen LogP contribution in [0.2, 0.25) is 0 Å². The largest absolute Gasteiger partial charge is 0.457 e. The smallest absolute Gasteiger partial charge is 0.252 e. The first-order valence-electron chi connectivity index (χ1n) is 29.4. The highest BCUT2D eigenvalue weighted by Gasteiger charge is 2.47. The molecule has 6 heterocycles. The zero-order chi connectivity index (χ0) is 54.2. The van der Waals surface area contributed by atoms with Crippen LogP contribution in [-0.2, 0) is 12.8 Å². The monoisotopic (exact) mass is 1050 g/mol. The third kappa shape index (κ3) is 6.97. The van der Waals surface area contributed by atoms with E-state index >= 15 is 0 Å². The van der Waals surface area contributed by atoms with Crippen LogP contribution >= 0.6 is 0 Å². The van der Waals surface area contributed by atoms with E-state index in [0.717, 1.165) is 94.2 Å². The molecule has 0 atom stereocenters. The number of benzene rings is 11. The van der Waals surface area contributed by atoms with Crippen molar-refractivity contribution < 1.29 is 9.47 Å². The number of fused-ring (bicyclic) bond motifs is 14. The molecule has 0 N–H and O–H groups in total. The average Bonchev–Trinajstić information content (AvgIpc) is 3.07. The summed E-state index contributed by atoms with van der Waals surface area (Å²) in [6.45, 7) is 4.28. The molecule has 0 saturated heterocycles. The summed E-state index contributed by atoms with van der Waals surface area (Å²) in [7, 11) is 0. The molecule has 0 amide bonds. The summed E-state index contributed by atoms with van der Waals surface area (Å²) in [6, 6.07) is 85.6. The molecule has 4 aliphatic heterocycles. The topological polar surface area (TPSA) is 34.8 Å². The lowest BCUT2D eigenvalue weighted by Crippen LogP contribution is -2.64. The molecular weight excluding hydrogens is 998 g/mol. The fraction of sp³-hybridized carbons (Fsp3) is 0.108. The van der Waals surface area contributed by atoms with Crippen LogP contribution in [0.4, 0.5) is 34.1 Å². The molecule has 0 unspecified atom stereocenters. The maximum Gasteiger partial charge on any atom is 0.252 e. The molecule has 0 bridgehead atoms. The molecule has 390 valence electrons. The number of anilines is 6. The van der Waals surface area contributed by atoms with Crippen LogP contribution in [0.5, 0.6) is 23.0 Å². The van der Waals surface area contributed by atoms with E-state index in [0.29, 0.717) is 0 Å². The van der Waals surface area contributed by atoms with Crippen LogP contribution in [0, 0.1) is 0 Å². The van der Waals surface area contributed by atoms with Gasteiger partial charge in [0.1, 0.15) is 23.0 Å². The molecule has 4 aliphatic rings. The molecule has 0 saturated carbocycles. The van der Waals surface area contributed by atoms with Gasteiger partial charge in [0.15, 0.2) is 0 Å². The normalized spacial score (nSPS) is 13.2. The molecule has 13 aromatic rings. The quantitative estimate of drug-likeness (QED) is 0.114. The molecule has 0 aliphatic carbocycles. The van der Waals surface area contributed by atoms with Crippen molar-refractivity contribution in [1.82, 2.24) is 9.13 Å². The molecule has 2 aromatic heterocycles. The van der Waals surface area contributed by atoms with Crippen molar-refractivity contribution in [3.05, 3.63) is 242 Å². The highest BCUT2D eigenvalue weighted by Crippen LogP contribution is 2.48. The molecule has 11 aromatic carbocycles. The minimum absolute atomic E-state index is 0.112. The zero-order valence-corrected chi connectivity index (χ0v) is 45.9. The lowest BCUT2D eigenvalue weighted by molar-refractivity contribution is 0.482. The van der Waals surface area contributed by atoms with Crippen LogP contribution in [0.25, 0.3) is 55.0 Å². The molecule has 6 nitrogen and oxygen atoms in total. The second-order valence-electron chi connectivity index (χ2n) is 22.8. The van der Waals surface area contributed by atoms with Crippen molar-refractivity contribution in [2.75, 3.05) is 9.80 Å². The van der Waals surface area contributed by atoms with E-state index < -0.39 is 0 Å². The number of para-hydroxylation sites is 6. The predicted octanol–water partition coefficient (Wildman–Crippen LogP) is 15.4. The highest BCUT2D eigenvalue weighted by atomic mass is 16.5. The van der Waals surface area contributed by atoms with Gasteiger partial charge in [-0.15, -0.1) is 0 Å². The maximum absolute atomic E-state index is 7.09. The summed E-state index contributed by atoms with van der Waals surface area (Å²) in [5, 5.41) is 5.00. The third-order valence-electron chi connectivity index (χ3n) is 18.1. The summed E-state index contributed by atoms with van der Waals surface area (Å²) in [5.41, 5.74) is 24.1. The van der Waals surface area contributed by atoms with Gasteiger partial charge in [-0.3, -0.25) is 0 Å². The first-order chi connectivity index (χ1) is 40.6. The Kier molecular flexibility index (Phi) is 10.6. The number of unbranched alkanes of at least 4 members (excludes halogenated alkanes) is 2. The second-order valence-corrected chi connectivity index (χ2v) is 22.8. The number of hydrogen-bond donors (Lipinski definition) is 0. The minimum Gasteiger partial charge on any atom is -0.457 e. The highest BCUT2D eigenvalue weighted by molar-refractivity contribution is 7.03. The second kappa shape index (κ2) is 18.4. The summed E-state index contributed by atoms with van der Waals surface area (Å²) < 4.78 is 19.2. The number of hydrogen-bond acceptors (Lipinski definition) is 4. The van der Waals surface area contributed by atoms with E-state index in [1.54, 1.807) is 0 Å². The van der Waals surface area contributed by atoms with Gasteiger partial charge >= 0.3 is 0 Å². The summed E-state index contributed by atoms with van der Waals surface area (Å²) in [5.74, 6) is 3.24. The first-order valence-corrected chi connectivity index (χ1v) is 29.4. The van der Waals surface area contributed by atoms with Gasteiger partial charge in [-0.05, 0) is 136 Å². The van der Waals surface area contributed by atoms with Gasteiger partial charge in [0.05, 0.1) is 11.0 Å². The number of nitrogens with zero attached hydrogens (tertiary/aromatic N) is 4. The maximum atomic E-state index is 7.09. The SMILES string of the molecule is CCCCc1ccc(Oc2cc3c4c(c2)-n2c5ccccc5c5cccc(c52)B4c2cc4c(cc2N3c2ccccc2)N(c2ccccc2)c2cc(Oc3ccc(CCCC)cc3)cc3c2B4c2cccc4c5ccccc5n-3c24)cc1. The van der Waals surface area contributed by atoms with Crippen molar-refractivity contribution in [2.24, 2.45) is 0 Å². The number of aromatic nitrogens is 2. The standard InChI is InChI=1S/C74H56B2N4O2/c1-3-5-19-47-33-37-51(38-34-47)81-53-41-67-71-69(43-53)79-63-31-15-13-25-55(63)57-27-17-29-59(73(57)79)75(71)61-45-62-66(46-65(61)77(67)49-21-9-7-10-22-49)78(50-23-11-8-12-24-50)68-42-54(82-52-39-35-48(36-40-52)20-6-4-2)44-70-72(68)76(62)60-30-18-28-58-56-26-14-16-32-64(56)80(70)74(58)60/h7-18,21-46H,3-6,19-20H2,1-2H3. The van der Waals surface area contributed by atoms with Gasteiger partial charge in [-0.25, -0.2) is 0 Å². The van der Waals surface area contributed by atoms with Gasteiger partial charge in [0, 0.05) is 102 Å². The Hall–Kier alpha value is -9.65. The molecule has 8 heteroatoms. The Morgan fingerprint density at radius 1 is 0.329 bits per heavy atom. The molecular formula is C74H56B2N4O2. The van der Waals surface area contributed by atoms with Crippen molar-refractivity contribution in [1.29, 1.82) is 0 Å². The van der Waals surface area contributed by atoms with Gasteiger partial charge < -0.3 is 28.4 Å². The fourth-order valence-corrected chi connectivity index (χ4v) is 14.6. The number of ether oxygens (including phenoxy) is 2. The molecule has 0 spiro atoms. The van der Waals surface area contributed by atoms with Crippen LogP contribution in [0.1, 0.15) is 50.7 Å². The van der Waals surface area contributed by atoms with E-state index in [-0.39, 0.29) is 13.4 Å². The number of aryl methyl sites for hydroxylation is 2.